The molecule has 122 valence electrons. The molecule has 4 saturated carbocycles. The number of rotatable bonds is 3. The van der Waals surface area contributed by atoms with E-state index >= 15 is 0 Å². The van der Waals surface area contributed by atoms with Gasteiger partial charge in [-0.05, 0) is 80.5 Å². The average molecular weight is 301 g/mol. The van der Waals surface area contributed by atoms with E-state index in [1.165, 1.54) is 37.8 Å². The standard InChI is InChI=1S/C20H31NO/c1-12(21-17-9-18(22)11-20(2,3)10-17)19-15-5-13-4-14(7-15)8-16(19)6-13/h9,12-16,19,21H,4-8,10-11H2,1-3H3/t12-,13?,14?,15?,16?,19?/m0/s1. The maximum absolute atomic E-state index is 12.0. The molecule has 0 amide bonds. The lowest BCUT2D eigenvalue weighted by molar-refractivity contribution is -0.117. The zero-order valence-electron chi connectivity index (χ0n) is 14.4. The molecular weight excluding hydrogens is 270 g/mol. The van der Waals surface area contributed by atoms with Gasteiger partial charge in [0.25, 0.3) is 0 Å². The van der Waals surface area contributed by atoms with E-state index in [0.717, 1.165) is 36.0 Å². The van der Waals surface area contributed by atoms with Crippen LogP contribution in [0.5, 0.6) is 0 Å². The third kappa shape index (κ3) is 2.63. The van der Waals surface area contributed by atoms with E-state index in [1.807, 2.05) is 6.08 Å². The first kappa shape index (κ1) is 14.8. The van der Waals surface area contributed by atoms with E-state index in [1.54, 1.807) is 0 Å². The molecule has 2 heteroatoms. The van der Waals surface area contributed by atoms with Crippen molar-refractivity contribution in [1.29, 1.82) is 0 Å². The summed E-state index contributed by atoms with van der Waals surface area (Å²) in [6, 6.07) is 0.531. The normalized spacial score (nSPS) is 43.9. The van der Waals surface area contributed by atoms with Crippen LogP contribution >= 0.6 is 0 Å². The molecule has 4 fully saturated rings. The predicted octanol–water partition coefficient (Wildman–Crippen LogP) is 4.31. The zero-order chi connectivity index (χ0) is 15.5. The Morgan fingerprint density at radius 1 is 1.05 bits per heavy atom. The van der Waals surface area contributed by atoms with Gasteiger partial charge in [-0.25, -0.2) is 0 Å². The molecular formula is C20H31NO. The Hall–Kier alpha value is -0.790. The van der Waals surface area contributed by atoms with Crippen LogP contribution in [0.15, 0.2) is 11.8 Å². The molecule has 0 aromatic heterocycles. The van der Waals surface area contributed by atoms with E-state index in [9.17, 15) is 4.79 Å². The van der Waals surface area contributed by atoms with E-state index < -0.39 is 0 Å². The molecule has 0 aromatic rings. The first-order valence-corrected chi connectivity index (χ1v) is 9.39. The van der Waals surface area contributed by atoms with Gasteiger partial charge in [-0.3, -0.25) is 4.79 Å². The molecule has 5 rings (SSSR count). The number of carbonyl (C=O) groups excluding carboxylic acids is 1. The van der Waals surface area contributed by atoms with Crippen LogP contribution in [0.3, 0.4) is 0 Å². The summed E-state index contributed by atoms with van der Waals surface area (Å²) in [5.74, 6) is 5.13. The van der Waals surface area contributed by atoms with Crippen molar-refractivity contribution in [2.45, 2.75) is 71.8 Å². The van der Waals surface area contributed by atoms with Gasteiger partial charge in [0.15, 0.2) is 5.78 Å². The number of hydrogen-bond acceptors (Lipinski definition) is 2. The lowest BCUT2D eigenvalue weighted by Gasteiger charge is -2.56. The van der Waals surface area contributed by atoms with E-state index in [-0.39, 0.29) is 5.41 Å². The van der Waals surface area contributed by atoms with Crippen LogP contribution < -0.4 is 5.32 Å². The summed E-state index contributed by atoms with van der Waals surface area (Å²) in [5.41, 5.74) is 1.32. The topological polar surface area (TPSA) is 29.1 Å². The molecule has 0 heterocycles. The fourth-order valence-corrected chi connectivity index (χ4v) is 6.61. The summed E-state index contributed by atoms with van der Waals surface area (Å²) in [6.45, 7) is 6.81. The van der Waals surface area contributed by atoms with Gasteiger partial charge >= 0.3 is 0 Å². The molecule has 1 N–H and O–H groups in total. The molecule has 5 aliphatic rings. The van der Waals surface area contributed by atoms with Gasteiger partial charge in [-0.15, -0.1) is 0 Å². The molecule has 0 aliphatic heterocycles. The van der Waals surface area contributed by atoms with Crippen LogP contribution in [-0.4, -0.2) is 11.8 Å². The quantitative estimate of drug-likeness (QED) is 0.841. The number of nitrogens with one attached hydrogen (secondary N) is 1. The fraction of sp³-hybridized carbons (Fsp3) is 0.850. The van der Waals surface area contributed by atoms with Gasteiger partial charge in [0.05, 0.1) is 0 Å². The minimum absolute atomic E-state index is 0.123. The second-order valence-corrected chi connectivity index (χ2v) is 9.59. The van der Waals surface area contributed by atoms with Gasteiger partial charge in [-0.1, -0.05) is 13.8 Å². The Balaban J connectivity index is 1.46. The maximum Gasteiger partial charge on any atom is 0.157 e. The average Bonchev–Trinajstić information content (AvgIpc) is 2.34. The van der Waals surface area contributed by atoms with E-state index in [0.29, 0.717) is 18.2 Å². The number of ketones is 1. The molecule has 1 atom stereocenters. The van der Waals surface area contributed by atoms with Crippen LogP contribution in [0.2, 0.25) is 0 Å². The van der Waals surface area contributed by atoms with Crippen LogP contribution in [0.25, 0.3) is 0 Å². The van der Waals surface area contributed by atoms with Crippen molar-refractivity contribution in [1.82, 2.24) is 5.32 Å². The molecule has 2 nitrogen and oxygen atoms in total. The van der Waals surface area contributed by atoms with Gasteiger partial charge in [-0.2, -0.15) is 0 Å². The first-order chi connectivity index (χ1) is 10.4. The van der Waals surface area contributed by atoms with Crippen molar-refractivity contribution in [2.75, 3.05) is 0 Å². The molecule has 5 aliphatic carbocycles. The predicted molar refractivity (Wildman–Crippen MR) is 89.2 cm³/mol. The highest BCUT2D eigenvalue weighted by Gasteiger charge is 2.49. The molecule has 0 spiro atoms. The summed E-state index contributed by atoms with van der Waals surface area (Å²) >= 11 is 0. The minimum Gasteiger partial charge on any atom is -0.385 e. The highest BCUT2D eigenvalue weighted by atomic mass is 16.1. The van der Waals surface area contributed by atoms with Crippen molar-refractivity contribution >= 4 is 5.78 Å². The number of allylic oxidation sites excluding steroid dienone is 2. The summed E-state index contributed by atoms with van der Waals surface area (Å²) in [6.07, 6.45) is 11.1. The van der Waals surface area contributed by atoms with Gasteiger partial charge < -0.3 is 5.32 Å². The van der Waals surface area contributed by atoms with Crippen LogP contribution in [0.4, 0.5) is 0 Å². The Bertz CT molecular complexity index is 476. The van der Waals surface area contributed by atoms with Crippen molar-refractivity contribution in [3.05, 3.63) is 11.8 Å². The molecule has 0 unspecified atom stereocenters. The van der Waals surface area contributed by atoms with Crippen molar-refractivity contribution in [3.8, 4) is 0 Å². The Morgan fingerprint density at radius 3 is 2.18 bits per heavy atom. The van der Waals surface area contributed by atoms with Crippen molar-refractivity contribution < 1.29 is 4.79 Å². The molecule has 22 heavy (non-hydrogen) atoms. The highest BCUT2D eigenvalue weighted by molar-refractivity contribution is 5.91. The number of hydrogen-bond donors (Lipinski definition) is 1. The second-order valence-electron chi connectivity index (χ2n) is 9.59. The smallest absolute Gasteiger partial charge is 0.157 e. The zero-order valence-corrected chi connectivity index (χ0v) is 14.4. The van der Waals surface area contributed by atoms with Gasteiger partial charge in [0, 0.05) is 24.2 Å². The summed E-state index contributed by atoms with van der Waals surface area (Å²) in [5, 5.41) is 3.77. The Labute approximate surface area is 135 Å². The molecule has 0 radical (unpaired) electrons. The third-order valence-electron chi connectivity index (χ3n) is 6.95. The van der Waals surface area contributed by atoms with Gasteiger partial charge in [0.1, 0.15) is 0 Å². The SMILES string of the molecule is C[C@H](NC1=CC(=O)CC(C)(C)C1)C1C2CC3CC(C2)CC1C3. The summed E-state index contributed by atoms with van der Waals surface area (Å²) in [4.78, 5) is 12.0. The first-order valence-electron chi connectivity index (χ1n) is 9.39. The highest BCUT2D eigenvalue weighted by Crippen LogP contribution is 2.57. The molecule has 0 saturated heterocycles. The van der Waals surface area contributed by atoms with Crippen LogP contribution in [0.1, 0.15) is 65.7 Å². The van der Waals surface area contributed by atoms with Crippen molar-refractivity contribution in [2.24, 2.45) is 35.0 Å². The molecule has 4 bridgehead atoms. The van der Waals surface area contributed by atoms with Crippen LogP contribution in [0, 0.1) is 35.0 Å². The third-order valence-corrected chi connectivity index (χ3v) is 6.95. The second kappa shape index (κ2) is 5.11. The largest absolute Gasteiger partial charge is 0.385 e. The summed E-state index contributed by atoms with van der Waals surface area (Å²) in [7, 11) is 0. The van der Waals surface area contributed by atoms with Crippen LogP contribution in [-0.2, 0) is 4.79 Å². The lowest BCUT2D eigenvalue weighted by Crippen LogP contribution is -2.52. The van der Waals surface area contributed by atoms with Gasteiger partial charge in [0.2, 0.25) is 0 Å². The Kier molecular flexibility index (Phi) is 3.43. The maximum atomic E-state index is 12.0. The fourth-order valence-electron chi connectivity index (χ4n) is 6.61. The number of carbonyl (C=O) groups is 1. The Morgan fingerprint density at radius 2 is 1.64 bits per heavy atom. The van der Waals surface area contributed by atoms with Crippen molar-refractivity contribution in [3.63, 3.8) is 0 Å². The minimum atomic E-state index is 0.123. The van der Waals surface area contributed by atoms with E-state index in [2.05, 4.69) is 26.1 Å². The monoisotopic (exact) mass is 301 g/mol. The summed E-state index contributed by atoms with van der Waals surface area (Å²) < 4.78 is 0. The van der Waals surface area contributed by atoms with E-state index in [4.69, 9.17) is 0 Å². The molecule has 0 aromatic carbocycles. The lowest BCUT2D eigenvalue weighted by atomic mass is 9.50.